The van der Waals surface area contributed by atoms with Gasteiger partial charge in [-0.15, -0.1) is 0 Å². The number of hydrogen-bond donors (Lipinski definition) is 6. The van der Waals surface area contributed by atoms with E-state index in [-0.39, 0.29) is 31.4 Å². The second-order valence-corrected chi connectivity index (χ2v) is 5.41. The van der Waals surface area contributed by atoms with Crippen LogP contribution in [0.25, 0.3) is 0 Å². The summed E-state index contributed by atoms with van der Waals surface area (Å²) in [6.45, 7) is -0.331. The van der Waals surface area contributed by atoms with Crippen LogP contribution in [0.2, 0.25) is 0 Å². The number of carboxylic acid groups (broad SMARTS) is 4. The van der Waals surface area contributed by atoms with E-state index in [1.807, 2.05) is 0 Å². The molecule has 0 saturated carbocycles. The lowest BCUT2D eigenvalue weighted by molar-refractivity contribution is -0.141. The number of anilines is 1. The van der Waals surface area contributed by atoms with Crippen molar-refractivity contribution < 1.29 is 39.6 Å². The first kappa shape index (κ1) is 20.9. The quantitative estimate of drug-likeness (QED) is 0.302. The van der Waals surface area contributed by atoms with Crippen LogP contribution in [0.1, 0.15) is 28.8 Å². The summed E-state index contributed by atoms with van der Waals surface area (Å²) in [4.78, 5) is 43.8. The van der Waals surface area contributed by atoms with E-state index in [4.69, 9.17) is 15.3 Å². The highest BCUT2D eigenvalue weighted by atomic mass is 16.4. The third-order valence-corrected chi connectivity index (χ3v) is 3.55. The first-order valence-electron chi connectivity index (χ1n) is 7.71. The molecule has 142 valence electrons. The minimum Gasteiger partial charge on any atom is -0.481 e. The summed E-state index contributed by atoms with van der Waals surface area (Å²) >= 11 is 0. The Hall–Kier alpha value is -3.14. The van der Waals surface area contributed by atoms with E-state index < -0.39 is 36.5 Å². The molecule has 0 aromatic heterocycles. The van der Waals surface area contributed by atoms with E-state index in [2.05, 4.69) is 10.6 Å². The minimum atomic E-state index is -1.21. The molecule has 26 heavy (non-hydrogen) atoms. The van der Waals surface area contributed by atoms with Crippen molar-refractivity contribution in [3.8, 4) is 0 Å². The van der Waals surface area contributed by atoms with Gasteiger partial charge in [-0.3, -0.25) is 14.4 Å². The molecule has 1 aromatic carbocycles. The average Bonchev–Trinajstić information content (AvgIpc) is 2.55. The van der Waals surface area contributed by atoms with Crippen molar-refractivity contribution in [3.05, 3.63) is 29.3 Å². The summed E-state index contributed by atoms with van der Waals surface area (Å²) in [6.07, 6.45) is -0.322. The number of rotatable bonds is 12. The van der Waals surface area contributed by atoms with Gasteiger partial charge >= 0.3 is 23.9 Å². The van der Waals surface area contributed by atoms with Crippen LogP contribution < -0.4 is 10.6 Å². The minimum absolute atomic E-state index is 0.0281. The standard InChI is InChI=1S/C16H20N2O8/c19-13(20)5-4-12(16(25)26)17-7-6-9-10(15(23)24)2-1-3-11(9)18-8-14(21)22/h1-3,12,17-18H,4-8H2,(H,19,20)(H,21,22)(H,23,24)(H,25,26). The van der Waals surface area contributed by atoms with Crippen molar-refractivity contribution in [1.29, 1.82) is 0 Å². The Morgan fingerprint density at radius 2 is 1.69 bits per heavy atom. The maximum atomic E-state index is 11.4. The number of hydrogen-bond acceptors (Lipinski definition) is 6. The maximum Gasteiger partial charge on any atom is 0.336 e. The van der Waals surface area contributed by atoms with Gasteiger partial charge in [0, 0.05) is 18.7 Å². The van der Waals surface area contributed by atoms with Crippen LogP contribution in [0, 0.1) is 0 Å². The van der Waals surface area contributed by atoms with Crippen LogP contribution in [0.3, 0.4) is 0 Å². The lowest BCUT2D eigenvalue weighted by atomic mass is 10.0. The van der Waals surface area contributed by atoms with Gasteiger partial charge in [-0.25, -0.2) is 4.79 Å². The molecule has 10 nitrogen and oxygen atoms in total. The molecule has 0 amide bonds. The maximum absolute atomic E-state index is 11.4. The smallest absolute Gasteiger partial charge is 0.336 e. The molecule has 0 saturated heterocycles. The molecule has 1 atom stereocenters. The Balaban J connectivity index is 2.85. The second-order valence-electron chi connectivity index (χ2n) is 5.41. The molecule has 0 spiro atoms. The number of nitrogens with one attached hydrogen (secondary N) is 2. The predicted octanol–water partition coefficient (Wildman–Crippen LogP) is 0.331. The molecule has 0 aliphatic rings. The Labute approximate surface area is 148 Å². The number of aromatic carboxylic acids is 1. The van der Waals surface area contributed by atoms with Gasteiger partial charge in [0.2, 0.25) is 0 Å². The fraction of sp³-hybridized carbons (Fsp3) is 0.375. The van der Waals surface area contributed by atoms with Gasteiger partial charge in [-0.2, -0.15) is 0 Å². The van der Waals surface area contributed by atoms with Crippen molar-refractivity contribution in [2.45, 2.75) is 25.3 Å². The van der Waals surface area contributed by atoms with E-state index in [1.165, 1.54) is 18.2 Å². The van der Waals surface area contributed by atoms with Gasteiger partial charge in [0.25, 0.3) is 0 Å². The lowest BCUT2D eigenvalue weighted by Crippen LogP contribution is -2.38. The molecule has 0 aliphatic heterocycles. The van der Waals surface area contributed by atoms with Crippen LogP contribution >= 0.6 is 0 Å². The first-order valence-corrected chi connectivity index (χ1v) is 7.71. The summed E-state index contributed by atoms with van der Waals surface area (Å²) in [6, 6.07) is 3.28. The summed E-state index contributed by atoms with van der Waals surface area (Å²) in [5, 5.41) is 41.1. The van der Waals surface area contributed by atoms with Gasteiger partial charge in [0.15, 0.2) is 0 Å². The van der Waals surface area contributed by atoms with E-state index >= 15 is 0 Å². The van der Waals surface area contributed by atoms with Crippen LogP contribution in [-0.2, 0) is 20.8 Å². The zero-order valence-electron chi connectivity index (χ0n) is 13.8. The van der Waals surface area contributed by atoms with Crippen LogP contribution in [0.5, 0.6) is 0 Å². The largest absolute Gasteiger partial charge is 0.481 e. The number of benzene rings is 1. The normalized spacial score (nSPS) is 11.5. The van der Waals surface area contributed by atoms with Crippen molar-refractivity contribution in [2.75, 3.05) is 18.4 Å². The van der Waals surface area contributed by atoms with Crippen molar-refractivity contribution in [2.24, 2.45) is 0 Å². The highest BCUT2D eigenvalue weighted by Crippen LogP contribution is 2.21. The summed E-state index contributed by atoms with van der Waals surface area (Å²) in [5.41, 5.74) is 0.627. The molecule has 10 heteroatoms. The molecule has 0 heterocycles. The molecular formula is C16H20N2O8. The number of aliphatic carboxylic acids is 3. The zero-order chi connectivity index (χ0) is 19.7. The molecule has 0 radical (unpaired) electrons. The third-order valence-electron chi connectivity index (χ3n) is 3.55. The molecule has 0 aliphatic carbocycles. The van der Waals surface area contributed by atoms with Crippen LogP contribution in [-0.4, -0.2) is 63.4 Å². The SMILES string of the molecule is O=C(O)CCC(NCCc1c(NCC(=O)O)cccc1C(=O)O)C(=O)O. The fourth-order valence-corrected chi connectivity index (χ4v) is 2.35. The Morgan fingerprint density at radius 3 is 2.23 bits per heavy atom. The van der Waals surface area contributed by atoms with E-state index in [0.717, 1.165) is 0 Å². The fourth-order valence-electron chi connectivity index (χ4n) is 2.35. The van der Waals surface area contributed by atoms with Gasteiger partial charge in [-0.05, 0) is 30.5 Å². The number of carbonyl (C=O) groups is 4. The van der Waals surface area contributed by atoms with Crippen molar-refractivity contribution in [3.63, 3.8) is 0 Å². The number of carboxylic acids is 4. The van der Waals surface area contributed by atoms with E-state index in [9.17, 15) is 24.3 Å². The molecule has 1 aromatic rings. The second kappa shape index (κ2) is 9.99. The lowest BCUT2D eigenvalue weighted by Gasteiger charge is -2.16. The summed E-state index contributed by atoms with van der Waals surface area (Å²) < 4.78 is 0. The molecule has 1 rings (SSSR count). The third kappa shape index (κ3) is 6.77. The predicted molar refractivity (Wildman–Crippen MR) is 89.5 cm³/mol. The topological polar surface area (TPSA) is 173 Å². The van der Waals surface area contributed by atoms with Crippen molar-refractivity contribution >= 4 is 29.6 Å². The van der Waals surface area contributed by atoms with E-state index in [0.29, 0.717) is 11.3 Å². The zero-order valence-corrected chi connectivity index (χ0v) is 13.8. The van der Waals surface area contributed by atoms with Crippen molar-refractivity contribution in [1.82, 2.24) is 5.32 Å². The molecule has 0 fully saturated rings. The molecular weight excluding hydrogens is 348 g/mol. The highest BCUT2D eigenvalue weighted by molar-refractivity contribution is 5.91. The van der Waals surface area contributed by atoms with Gasteiger partial charge in [-0.1, -0.05) is 6.07 Å². The van der Waals surface area contributed by atoms with Gasteiger partial charge in [0.1, 0.15) is 12.6 Å². The van der Waals surface area contributed by atoms with E-state index in [1.54, 1.807) is 0 Å². The first-order chi connectivity index (χ1) is 12.2. The molecule has 6 N–H and O–H groups in total. The van der Waals surface area contributed by atoms with Crippen LogP contribution in [0.15, 0.2) is 18.2 Å². The monoisotopic (exact) mass is 368 g/mol. The molecule has 0 bridgehead atoms. The molecule has 1 unspecified atom stereocenters. The summed E-state index contributed by atoms with van der Waals surface area (Å²) in [7, 11) is 0. The summed E-state index contributed by atoms with van der Waals surface area (Å²) in [5.74, 6) is -4.63. The highest BCUT2D eigenvalue weighted by Gasteiger charge is 2.19. The van der Waals surface area contributed by atoms with Gasteiger partial charge < -0.3 is 31.1 Å². The van der Waals surface area contributed by atoms with Crippen LogP contribution in [0.4, 0.5) is 5.69 Å². The average molecular weight is 368 g/mol. The Bertz CT molecular complexity index is 689. The van der Waals surface area contributed by atoms with Gasteiger partial charge in [0.05, 0.1) is 5.56 Å². The Kier molecular flexibility index (Phi) is 8.03. The Morgan fingerprint density at radius 1 is 1.00 bits per heavy atom.